The van der Waals surface area contributed by atoms with E-state index in [4.69, 9.17) is 4.74 Å². The smallest absolute Gasteiger partial charge is 0.337 e. The van der Waals surface area contributed by atoms with Crippen molar-refractivity contribution >= 4 is 11.7 Å². The molecular formula is C25H26FN3O3. The molecule has 1 fully saturated rings. The number of nitrogens with zero attached hydrogens (tertiary/aromatic N) is 3. The number of benzene rings is 2. The van der Waals surface area contributed by atoms with Gasteiger partial charge in [0, 0.05) is 44.5 Å². The molecule has 2 heterocycles. The number of rotatable bonds is 6. The highest BCUT2D eigenvalue weighted by molar-refractivity contribution is 5.89. The topological polar surface area (TPSA) is 65.9 Å². The van der Waals surface area contributed by atoms with E-state index < -0.39 is 6.10 Å². The van der Waals surface area contributed by atoms with E-state index in [2.05, 4.69) is 9.88 Å². The number of hydrogen-bond acceptors (Lipinski definition) is 6. The summed E-state index contributed by atoms with van der Waals surface area (Å²) in [6, 6.07) is 17.5. The molecule has 1 N–H and O–H groups in total. The molecule has 32 heavy (non-hydrogen) atoms. The zero-order valence-corrected chi connectivity index (χ0v) is 17.9. The second kappa shape index (κ2) is 9.89. The third-order valence-corrected chi connectivity index (χ3v) is 5.75. The molecule has 3 aromatic rings. The fourth-order valence-electron chi connectivity index (χ4n) is 4.04. The minimum absolute atomic E-state index is 0.343. The van der Waals surface area contributed by atoms with Gasteiger partial charge in [0.2, 0.25) is 0 Å². The Morgan fingerprint density at radius 1 is 1.06 bits per heavy atom. The van der Waals surface area contributed by atoms with E-state index in [9.17, 15) is 14.3 Å². The number of anilines is 1. The number of halogens is 1. The summed E-state index contributed by atoms with van der Waals surface area (Å²) >= 11 is 0. The van der Waals surface area contributed by atoms with Gasteiger partial charge in [0.15, 0.2) is 0 Å². The van der Waals surface area contributed by atoms with E-state index in [1.165, 1.54) is 13.2 Å². The number of esters is 1. The summed E-state index contributed by atoms with van der Waals surface area (Å²) in [6.45, 7) is 3.54. The maximum Gasteiger partial charge on any atom is 0.337 e. The van der Waals surface area contributed by atoms with Gasteiger partial charge in [-0.2, -0.15) is 0 Å². The fourth-order valence-corrected chi connectivity index (χ4v) is 4.04. The van der Waals surface area contributed by atoms with Gasteiger partial charge >= 0.3 is 5.97 Å². The Hall–Kier alpha value is -3.29. The number of piperazine rings is 1. The first-order chi connectivity index (χ1) is 15.6. The van der Waals surface area contributed by atoms with E-state index >= 15 is 0 Å². The minimum atomic E-state index is -0.992. The van der Waals surface area contributed by atoms with Crippen LogP contribution in [0, 0.1) is 5.82 Å². The lowest BCUT2D eigenvalue weighted by Gasteiger charge is -2.37. The third kappa shape index (κ3) is 4.79. The normalized spacial score (nSPS) is 15.4. The van der Waals surface area contributed by atoms with Crippen molar-refractivity contribution in [2.24, 2.45) is 0 Å². The van der Waals surface area contributed by atoms with Crippen LogP contribution < -0.4 is 4.90 Å². The summed E-state index contributed by atoms with van der Waals surface area (Å²) in [6.07, 6.45) is 0.627. The summed E-state index contributed by atoms with van der Waals surface area (Å²) in [5.41, 5.74) is 3.08. The van der Waals surface area contributed by atoms with Crippen LogP contribution >= 0.6 is 0 Å². The Morgan fingerprint density at radius 2 is 1.81 bits per heavy atom. The van der Waals surface area contributed by atoms with Gasteiger partial charge in [0.05, 0.1) is 24.1 Å². The number of methoxy groups -OCH3 is 1. The predicted octanol–water partition coefficient (Wildman–Crippen LogP) is 3.41. The Balaban J connectivity index is 1.44. The highest BCUT2D eigenvalue weighted by Gasteiger charge is 2.25. The van der Waals surface area contributed by atoms with Crippen molar-refractivity contribution in [3.63, 3.8) is 0 Å². The lowest BCUT2D eigenvalue weighted by molar-refractivity contribution is 0.0600. The number of aliphatic hydroxyl groups is 1. The van der Waals surface area contributed by atoms with Crippen LogP contribution in [0.5, 0.6) is 0 Å². The van der Waals surface area contributed by atoms with Crippen molar-refractivity contribution in [2.75, 3.05) is 38.2 Å². The Kier molecular flexibility index (Phi) is 6.78. The van der Waals surface area contributed by atoms with E-state index in [1.807, 2.05) is 17.0 Å². The molecule has 1 atom stereocenters. The van der Waals surface area contributed by atoms with Crippen molar-refractivity contribution < 1.29 is 19.0 Å². The number of para-hydroxylation sites is 1. The molecular weight excluding hydrogens is 409 g/mol. The van der Waals surface area contributed by atoms with Gasteiger partial charge in [0.25, 0.3) is 0 Å². The van der Waals surface area contributed by atoms with Gasteiger partial charge in [-0.25, -0.2) is 9.18 Å². The SMILES string of the molecule is COC(=O)c1ccc(CN2CCN(c3c(F)cccc3C(O)c3ccccn3)CC2)cc1. The van der Waals surface area contributed by atoms with Gasteiger partial charge in [0.1, 0.15) is 11.9 Å². The fraction of sp³-hybridized carbons (Fsp3) is 0.280. The molecule has 0 amide bonds. The second-order valence-corrected chi connectivity index (χ2v) is 7.79. The van der Waals surface area contributed by atoms with E-state index in [0.29, 0.717) is 35.6 Å². The molecule has 166 valence electrons. The van der Waals surface area contributed by atoms with Crippen LogP contribution in [0.2, 0.25) is 0 Å². The Labute approximate surface area is 186 Å². The first-order valence-electron chi connectivity index (χ1n) is 10.6. The molecule has 6 nitrogen and oxygen atoms in total. The van der Waals surface area contributed by atoms with Crippen LogP contribution in [-0.4, -0.2) is 54.2 Å². The summed E-state index contributed by atoms with van der Waals surface area (Å²) in [5, 5.41) is 10.9. The average Bonchev–Trinajstić information content (AvgIpc) is 2.84. The maximum absolute atomic E-state index is 14.9. The van der Waals surface area contributed by atoms with E-state index in [0.717, 1.165) is 25.2 Å². The molecule has 0 bridgehead atoms. The van der Waals surface area contributed by atoms with Gasteiger partial charge in [-0.1, -0.05) is 30.3 Å². The molecule has 1 unspecified atom stereocenters. The largest absolute Gasteiger partial charge is 0.465 e. The zero-order chi connectivity index (χ0) is 22.5. The van der Waals surface area contributed by atoms with Gasteiger partial charge in [-0.15, -0.1) is 0 Å². The Morgan fingerprint density at radius 3 is 2.47 bits per heavy atom. The lowest BCUT2D eigenvalue weighted by atomic mass is 10.0. The predicted molar refractivity (Wildman–Crippen MR) is 120 cm³/mol. The first-order valence-corrected chi connectivity index (χ1v) is 10.6. The number of carbonyl (C=O) groups excluding carboxylic acids is 1. The molecule has 1 aliphatic heterocycles. The number of aliphatic hydroxyl groups excluding tert-OH is 1. The van der Waals surface area contributed by atoms with Crippen molar-refractivity contribution in [1.82, 2.24) is 9.88 Å². The molecule has 1 aromatic heterocycles. The molecule has 2 aromatic carbocycles. The number of carbonyl (C=O) groups is 1. The lowest BCUT2D eigenvalue weighted by Crippen LogP contribution is -2.46. The summed E-state index contributed by atoms with van der Waals surface area (Å²) in [5.74, 6) is -0.692. The highest BCUT2D eigenvalue weighted by Crippen LogP contribution is 2.33. The molecule has 4 rings (SSSR count). The molecule has 0 radical (unpaired) electrons. The number of ether oxygens (including phenoxy) is 1. The van der Waals surface area contributed by atoms with Crippen molar-refractivity contribution in [2.45, 2.75) is 12.6 Å². The van der Waals surface area contributed by atoms with E-state index in [1.54, 1.807) is 48.7 Å². The number of pyridine rings is 1. The molecule has 1 aliphatic rings. The monoisotopic (exact) mass is 435 g/mol. The molecule has 0 saturated carbocycles. The van der Waals surface area contributed by atoms with Crippen molar-refractivity contribution in [1.29, 1.82) is 0 Å². The zero-order valence-electron chi connectivity index (χ0n) is 17.9. The Bertz CT molecular complexity index is 1050. The molecule has 0 spiro atoms. The highest BCUT2D eigenvalue weighted by atomic mass is 19.1. The maximum atomic E-state index is 14.9. The average molecular weight is 435 g/mol. The van der Waals surface area contributed by atoms with Crippen LogP contribution in [0.15, 0.2) is 66.9 Å². The number of aromatic nitrogens is 1. The first kappa shape index (κ1) is 21.9. The summed E-state index contributed by atoms with van der Waals surface area (Å²) in [7, 11) is 1.37. The number of hydrogen-bond donors (Lipinski definition) is 1. The molecule has 1 saturated heterocycles. The standard InChI is InChI=1S/C25H26FN3O3/c1-32-25(31)19-10-8-18(9-11-19)17-28-13-15-29(16-14-28)23-20(5-4-6-21(23)26)24(30)22-7-2-3-12-27-22/h2-12,24,30H,13-17H2,1H3. The quantitative estimate of drug-likeness (QED) is 0.599. The van der Waals surface area contributed by atoms with Gasteiger partial charge in [-0.05, 0) is 35.9 Å². The van der Waals surface area contributed by atoms with E-state index in [-0.39, 0.29) is 11.8 Å². The van der Waals surface area contributed by atoms with Crippen LogP contribution in [0.4, 0.5) is 10.1 Å². The van der Waals surface area contributed by atoms with Gasteiger partial charge in [-0.3, -0.25) is 9.88 Å². The van der Waals surface area contributed by atoms with Crippen molar-refractivity contribution in [3.8, 4) is 0 Å². The van der Waals surface area contributed by atoms with Gasteiger partial charge < -0.3 is 14.7 Å². The second-order valence-electron chi connectivity index (χ2n) is 7.79. The van der Waals surface area contributed by atoms with Crippen LogP contribution in [0.1, 0.15) is 33.3 Å². The third-order valence-electron chi connectivity index (χ3n) is 5.75. The molecule has 0 aliphatic carbocycles. The summed E-state index contributed by atoms with van der Waals surface area (Å²) < 4.78 is 19.6. The minimum Gasteiger partial charge on any atom is -0.465 e. The summed E-state index contributed by atoms with van der Waals surface area (Å²) in [4.78, 5) is 20.1. The van der Waals surface area contributed by atoms with Crippen molar-refractivity contribution in [3.05, 3.63) is 95.1 Å². The van der Waals surface area contributed by atoms with Crippen LogP contribution in [-0.2, 0) is 11.3 Å². The molecule has 7 heteroatoms. The van der Waals surface area contributed by atoms with Crippen LogP contribution in [0.25, 0.3) is 0 Å². The van der Waals surface area contributed by atoms with Crippen LogP contribution in [0.3, 0.4) is 0 Å².